The number of aryl methyl sites for hydroxylation is 2. The molecule has 2 saturated carbocycles. The monoisotopic (exact) mass is 291 g/mol. The van der Waals surface area contributed by atoms with Crippen LogP contribution in [0, 0.1) is 31.6 Å². The van der Waals surface area contributed by atoms with Gasteiger partial charge in [-0.25, -0.2) is 0 Å². The van der Waals surface area contributed by atoms with Crippen LogP contribution in [0.25, 0.3) is 0 Å². The zero-order valence-corrected chi connectivity index (χ0v) is 13.0. The van der Waals surface area contributed by atoms with E-state index in [9.17, 15) is 4.79 Å². The van der Waals surface area contributed by atoms with Crippen molar-refractivity contribution in [1.82, 2.24) is 0 Å². The van der Waals surface area contributed by atoms with Gasteiger partial charge in [0.1, 0.15) is 0 Å². The standard InChI is InChI=1S/C17H22ClNO/c1-10-5-11(2)17(15(18)6-10)19-16(20)9-14-8-12-3-4-13(14)7-12/h5-6,12-14H,3-4,7-9H2,1-2H3,(H,19,20). The minimum absolute atomic E-state index is 0.122. The summed E-state index contributed by atoms with van der Waals surface area (Å²) in [5.74, 6) is 2.40. The first-order valence-electron chi connectivity index (χ1n) is 7.59. The van der Waals surface area contributed by atoms with Crippen molar-refractivity contribution in [3.63, 3.8) is 0 Å². The maximum atomic E-state index is 12.3. The number of halogens is 1. The number of fused-ring (bicyclic) bond motifs is 2. The van der Waals surface area contributed by atoms with E-state index >= 15 is 0 Å². The number of benzene rings is 1. The molecule has 0 aliphatic heterocycles. The predicted molar refractivity (Wildman–Crippen MR) is 83.1 cm³/mol. The van der Waals surface area contributed by atoms with Gasteiger partial charge in [-0.2, -0.15) is 0 Å². The Kier molecular flexibility index (Phi) is 3.76. The lowest BCUT2D eigenvalue weighted by atomic mass is 9.86. The highest BCUT2D eigenvalue weighted by atomic mass is 35.5. The Morgan fingerprint density at radius 2 is 2.10 bits per heavy atom. The van der Waals surface area contributed by atoms with Crippen LogP contribution in [0.15, 0.2) is 12.1 Å². The summed E-state index contributed by atoms with van der Waals surface area (Å²) < 4.78 is 0. The molecule has 0 heterocycles. The van der Waals surface area contributed by atoms with Crippen LogP contribution in [0.3, 0.4) is 0 Å². The quantitative estimate of drug-likeness (QED) is 0.857. The van der Waals surface area contributed by atoms with Crippen molar-refractivity contribution in [2.45, 2.75) is 46.0 Å². The number of nitrogens with one attached hydrogen (secondary N) is 1. The van der Waals surface area contributed by atoms with Crippen LogP contribution in [0.4, 0.5) is 5.69 Å². The first kappa shape index (κ1) is 13.9. The fraction of sp³-hybridized carbons (Fsp3) is 0.588. The van der Waals surface area contributed by atoms with E-state index < -0.39 is 0 Å². The van der Waals surface area contributed by atoms with Gasteiger partial charge in [0.25, 0.3) is 0 Å². The van der Waals surface area contributed by atoms with Gasteiger partial charge in [0.05, 0.1) is 10.7 Å². The lowest BCUT2D eigenvalue weighted by molar-refractivity contribution is -0.117. The van der Waals surface area contributed by atoms with Crippen LogP contribution < -0.4 is 5.32 Å². The molecule has 1 aromatic carbocycles. The molecule has 2 aliphatic carbocycles. The molecule has 0 spiro atoms. The van der Waals surface area contributed by atoms with Crippen LogP contribution >= 0.6 is 11.6 Å². The van der Waals surface area contributed by atoms with Gasteiger partial charge in [0.2, 0.25) is 5.91 Å². The first-order chi connectivity index (χ1) is 9.52. The molecule has 3 rings (SSSR count). The number of carbonyl (C=O) groups is 1. The summed E-state index contributed by atoms with van der Waals surface area (Å²) in [6.07, 6.45) is 5.96. The third kappa shape index (κ3) is 2.71. The van der Waals surface area contributed by atoms with E-state index in [1.54, 1.807) is 0 Å². The van der Waals surface area contributed by atoms with E-state index in [4.69, 9.17) is 11.6 Å². The average Bonchev–Trinajstić information content (AvgIpc) is 2.95. The summed E-state index contributed by atoms with van der Waals surface area (Å²) in [6, 6.07) is 3.96. The van der Waals surface area contributed by atoms with E-state index in [1.165, 1.54) is 25.7 Å². The number of hydrogen-bond donors (Lipinski definition) is 1. The number of amides is 1. The smallest absolute Gasteiger partial charge is 0.224 e. The molecule has 2 bridgehead atoms. The zero-order valence-electron chi connectivity index (χ0n) is 12.2. The molecular formula is C17H22ClNO. The molecule has 1 N–H and O–H groups in total. The molecule has 2 fully saturated rings. The van der Waals surface area contributed by atoms with Crippen molar-refractivity contribution in [3.8, 4) is 0 Å². The molecule has 20 heavy (non-hydrogen) atoms. The van der Waals surface area contributed by atoms with Crippen molar-refractivity contribution in [1.29, 1.82) is 0 Å². The second-order valence-electron chi connectivity index (χ2n) is 6.63. The summed E-state index contributed by atoms with van der Waals surface area (Å²) in [5, 5.41) is 3.66. The molecule has 0 saturated heterocycles. The van der Waals surface area contributed by atoms with Gasteiger partial charge < -0.3 is 5.32 Å². The molecule has 3 atom stereocenters. The second-order valence-corrected chi connectivity index (χ2v) is 7.03. The van der Waals surface area contributed by atoms with E-state index in [-0.39, 0.29) is 5.91 Å². The number of hydrogen-bond acceptors (Lipinski definition) is 1. The van der Waals surface area contributed by atoms with Gasteiger partial charge >= 0.3 is 0 Å². The molecule has 0 radical (unpaired) electrons. The lowest BCUT2D eigenvalue weighted by Gasteiger charge is -2.21. The van der Waals surface area contributed by atoms with Crippen LogP contribution in [0.2, 0.25) is 5.02 Å². The zero-order chi connectivity index (χ0) is 14.3. The summed E-state index contributed by atoms with van der Waals surface area (Å²) in [7, 11) is 0. The van der Waals surface area contributed by atoms with E-state index in [0.29, 0.717) is 17.4 Å². The van der Waals surface area contributed by atoms with Crippen LogP contribution in [0.5, 0.6) is 0 Å². The summed E-state index contributed by atoms with van der Waals surface area (Å²) in [5.41, 5.74) is 2.94. The molecule has 108 valence electrons. The van der Waals surface area contributed by atoms with Gasteiger partial charge in [-0.3, -0.25) is 4.79 Å². The van der Waals surface area contributed by atoms with Crippen molar-refractivity contribution in [2.75, 3.05) is 5.32 Å². The van der Waals surface area contributed by atoms with Gasteiger partial charge in [-0.1, -0.05) is 24.1 Å². The molecule has 1 amide bonds. The third-order valence-electron chi connectivity index (χ3n) is 5.03. The Morgan fingerprint density at radius 1 is 1.30 bits per heavy atom. The number of rotatable bonds is 3. The van der Waals surface area contributed by atoms with Crippen molar-refractivity contribution < 1.29 is 4.79 Å². The van der Waals surface area contributed by atoms with Crippen molar-refractivity contribution >= 4 is 23.2 Å². The van der Waals surface area contributed by atoms with Gasteiger partial charge in [-0.05, 0) is 68.1 Å². The first-order valence-corrected chi connectivity index (χ1v) is 7.97. The molecular weight excluding hydrogens is 270 g/mol. The van der Waals surface area contributed by atoms with Crippen LogP contribution in [0.1, 0.15) is 43.2 Å². The van der Waals surface area contributed by atoms with Gasteiger partial charge in [0, 0.05) is 6.42 Å². The normalized spacial score (nSPS) is 27.9. The Labute approximate surface area is 125 Å². The average molecular weight is 292 g/mol. The number of carbonyl (C=O) groups excluding carboxylic acids is 1. The SMILES string of the molecule is Cc1cc(C)c(NC(=O)CC2CC3CCC2C3)c(Cl)c1. The summed E-state index contributed by atoms with van der Waals surface area (Å²) >= 11 is 6.24. The number of anilines is 1. The van der Waals surface area contributed by atoms with Crippen LogP contribution in [-0.2, 0) is 4.79 Å². The molecule has 2 aliphatic rings. The summed E-state index contributed by atoms with van der Waals surface area (Å²) in [6.45, 7) is 4.01. The van der Waals surface area contributed by atoms with E-state index in [0.717, 1.165) is 28.7 Å². The van der Waals surface area contributed by atoms with E-state index in [1.807, 2.05) is 19.9 Å². The maximum absolute atomic E-state index is 12.3. The van der Waals surface area contributed by atoms with Crippen LogP contribution in [-0.4, -0.2) is 5.91 Å². The fourth-order valence-electron chi connectivity index (χ4n) is 4.13. The van der Waals surface area contributed by atoms with Gasteiger partial charge in [0.15, 0.2) is 0 Å². The predicted octanol–water partition coefficient (Wildman–Crippen LogP) is 4.72. The highest BCUT2D eigenvalue weighted by Gasteiger charge is 2.40. The highest BCUT2D eigenvalue weighted by Crippen LogP contribution is 2.49. The minimum atomic E-state index is 0.122. The van der Waals surface area contributed by atoms with Crippen molar-refractivity contribution in [2.24, 2.45) is 17.8 Å². The Balaban J connectivity index is 1.65. The molecule has 2 nitrogen and oxygen atoms in total. The molecule has 0 aromatic heterocycles. The van der Waals surface area contributed by atoms with Crippen molar-refractivity contribution in [3.05, 3.63) is 28.3 Å². The lowest BCUT2D eigenvalue weighted by Crippen LogP contribution is -2.20. The maximum Gasteiger partial charge on any atom is 0.224 e. The summed E-state index contributed by atoms with van der Waals surface area (Å²) in [4.78, 5) is 12.3. The second kappa shape index (κ2) is 5.40. The Bertz CT molecular complexity index is 517. The van der Waals surface area contributed by atoms with Gasteiger partial charge in [-0.15, -0.1) is 0 Å². The molecule has 1 aromatic rings. The minimum Gasteiger partial charge on any atom is -0.325 e. The topological polar surface area (TPSA) is 29.1 Å². The molecule has 3 unspecified atom stereocenters. The van der Waals surface area contributed by atoms with E-state index in [2.05, 4.69) is 11.4 Å². The fourth-order valence-corrected chi connectivity index (χ4v) is 4.50. The largest absolute Gasteiger partial charge is 0.325 e. The third-order valence-corrected chi connectivity index (χ3v) is 5.33. The Hall–Kier alpha value is -1.02. The molecule has 3 heteroatoms. The highest BCUT2D eigenvalue weighted by molar-refractivity contribution is 6.34. The Morgan fingerprint density at radius 3 is 2.70 bits per heavy atom.